The zero-order valence-corrected chi connectivity index (χ0v) is 17.8. The molecule has 0 saturated carbocycles. The average Bonchev–Trinajstić information content (AvgIpc) is 3.29. The van der Waals surface area contributed by atoms with Gasteiger partial charge in [0.1, 0.15) is 10.8 Å². The smallest absolute Gasteiger partial charge is 0.232 e. The Morgan fingerprint density at radius 3 is 2.84 bits per heavy atom. The van der Waals surface area contributed by atoms with E-state index >= 15 is 0 Å². The minimum Gasteiger partial charge on any atom is -0.469 e. The second kappa shape index (κ2) is 8.72. The molecule has 2 aromatic carbocycles. The van der Waals surface area contributed by atoms with Crippen LogP contribution in [-0.2, 0) is 24.1 Å². The highest BCUT2D eigenvalue weighted by Crippen LogP contribution is 2.29. The van der Waals surface area contributed by atoms with Gasteiger partial charge in [0, 0.05) is 17.1 Å². The van der Waals surface area contributed by atoms with Crippen molar-refractivity contribution in [1.82, 2.24) is 9.97 Å². The van der Waals surface area contributed by atoms with Crippen molar-refractivity contribution in [2.75, 3.05) is 16.0 Å². The summed E-state index contributed by atoms with van der Waals surface area (Å²) in [6.45, 7) is 0. The summed E-state index contributed by atoms with van der Waals surface area (Å²) in [4.78, 5) is 21.3. The number of rotatable bonds is 3. The van der Waals surface area contributed by atoms with Crippen molar-refractivity contribution in [2.45, 2.75) is 19.3 Å². The van der Waals surface area contributed by atoms with Crippen molar-refractivity contribution in [1.29, 1.82) is 0 Å². The van der Waals surface area contributed by atoms with E-state index in [0.29, 0.717) is 22.5 Å². The van der Waals surface area contributed by atoms with Gasteiger partial charge in [0.2, 0.25) is 11.9 Å². The lowest BCUT2D eigenvalue weighted by molar-refractivity contribution is -0.115. The van der Waals surface area contributed by atoms with E-state index in [2.05, 4.69) is 38.1 Å². The Balaban J connectivity index is 1.49. The maximum Gasteiger partial charge on any atom is 0.232 e. The van der Waals surface area contributed by atoms with Gasteiger partial charge in [-0.15, -0.1) is 0 Å². The normalized spacial score (nSPS) is 12.4. The van der Waals surface area contributed by atoms with Crippen molar-refractivity contribution in [2.24, 2.45) is 0 Å². The van der Waals surface area contributed by atoms with Crippen molar-refractivity contribution < 1.29 is 9.21 Å². The zero-order valence-electron chi connectivity index (χ0n) is 17.1. The van der Waals surface area contributed by atoms with Crippen LogP contribution in [0.15, 0.2) is 71.5 Å². The Labute approximate surface area is 189 Å². The molecule has 0 fully saturated rings. The fraction of sp³-hybridized carbons (Fsp3) is 0.125. The highest BCUT2D eigenvalue weighted by molar-refractivity contribution is 6.32. The molecular weight excluding hydrogens is 426 g/mol. The van der Waals surface area contributed by atoms with Crippen LogP contribution in [0.5, 0.6) is 0 Å². The largest absolute Gasteiger partial charge is 0.469 e. The summed E-state index contributed by atoms with van der Waals surface area (Å²) in [6, 6.07) is 17.5. The van der Waals surface area contributed by atoms with E-state index in [-0.39, 0.29) is 12.3 Å². The average molecular weight is 446 g/mol. The molecule has 3 N–H and O–H groups in total. The van der Waals surface area contributed by atoms with Crippen LogP contribution in [0.3, 0.4) is 0 Å². The SMILES string of the molecule is O=C(Cc1ccco1)Nc1ccc2cc1CCc1cccc(c1)Nc1ncc(Cl)c(n1)N2. The van der Waals surface area contributed by atoms with Gasteiger partial charge in [-0.05, 0) is 66.4 Å². The van der Waals surface area contributed by atoms with Crippen molar-refractivity contribution in [3.8, 4) is 0 Å². The molecule has 32 heavy (non-hydrogen) atoms. The van der Waals surface area contributed by atoms with Crippen LogP contribution in [0.4, 0.5) is 28.8 Å². The molecule has 8 heteroatoms. The maximum atomic E-state index is 12.5. The molecule has 5 rings (SSSR count). The standard InChI is InChI=1S/C24H20ClN5O2/c25-20-14-26-24-28-17-4-1-3-15(11-17)6-7-16-12-18(27-23(20)30-24)8-9-21(16)29-22(31)13-19-5-2-10-32-19/h1-5,8-12,14H,6-7,13H2,(H,29,31)(H2,26,27,28,30). The number of benzene rings is 2. The van der Waals surface area contributed by atoms with Gasteiger partial charge in [-0.3, -0.25) is 4.79 Å². The molecule has 0 spiro atoms. The lowest BCUT2D eigenvalue weighted by Crippen LogP contribution is -2.15. The number of nitrogens with one attached hydrogen (secondary N) is 3. The van der Waals surface area contributed by atoms with Gasteiger partial charge < -0.3 is 20.4 Å². The summed E-state index contributed by atoms with van der Waals surface area (Å²) >= 11 is 6.32. The molecule has 2 aromatic heterocycles. The third kappa shape index (κ3) is 4.58. The van der Waals surface area contributed by atoms with Crippen LogP contribution in [0.2, 0.25) is 5.02 Å². The molecule has 1 aliphatic rings. The van der Waals surface area contributed by atoms with E-state index in [4.69, 9.17) is 16.0 Å². The highest BCUT2D eigenvalue weighted by atomic mass is 35.5. The zero-order chi connectivity index (χ0) is 21.9. The van der Waals surface area contributed by atoms with Crippen LogP contribution in [0.25, 0.3) is 0 Å². The Kier molecular flexibility index (Phi) is 5.47. The molecule has 3 heterocycles. The molecule has 0 unspecified atom stereocenters. The number of nitrogens with zero attached hydrogens (tertiary/aromatic N) is 2. The highest BCUT2D eigenvalue weighted by Gasteiger charge is 2.13. The van der Waals surface area contributed by atoms with E-state index in [1.165, 1.54) is 0 Å². The lowest BCUT2D eigenvalue weighted by atomic mass is 10.0. The molecular formula is C24H20ClN5O2. The van der Waals surface area contributed by atoms with Gasteiger partial charge in [-0.25, -0.2) is 4.98 Å². The molecule has 0 aliphatic carbocycles. The van der Waals surface area contributed by atoms with Crippen LogP contribution in [0, 0.1) is 0 Å². The molecule has 6 bridgehead atoms. The molecule has 160 valence electrons. The molecule has 0 radical (unpaired) electrons. The first kappa shape index (κ1) is 20.1. The summed E-state index contributed by atoms with van der Waals surface area (Å²) in [5.74, 6) is 1.45. The maximum absolute atomic E-state index is 12.5. The van der Waals surface area contributed by atoms with Gasteiger partial charge in [0.05, 0.1) is 18.9 Å². The molecule has 0 saturated heterocycles. The summed E-state index contributed by atoms with van der Waals surface area (Å²) in [5.41, 5.74) is 4.65. The van der Waals surface area contributed by atoms with Crippen LogP contribution in [-0.4, -0.2) is 15.9 Å². The van der Waals surface area contributed by atoms with Gasteiger partial charge in [0.15, 0.2) is 5.82 Å². The van der Waals surface area contributed by atoms with E-state index in [0.717, 1.165) is 41.0 Å². The van der Waals surface area contributed by atoms with E-state index in [1.54, 1.807) is 24.6 Å². The predicted molar refractivity (Wildman–Crippen MR) is 125 cm³/mol. The lowest BCUT2D eigenvalue weighted by Gasteiger charge is -2.14. The predicted octanol–water partition coefficient (Wildman–Crippen LogP) is 5.49. The second-order valence-electron chi connectivity index (χ2n) is 7.52. The van der Waals surface area contributed by atoms with Crippen molar-refractivity contribution in [3.63, 3.8) is 0 Å². The Bertz CT molecular complexity index is 1270. The second-order valence-corrected chi connectivity index (χ2v) is 7.92. The fourth-order valence-corrected chi connectivity index (χ4v) is 3.77. The van der Waals surface area contributed by atoms with Gasteiger partial charge >= 0.3 is 0 Å². The summed E-state index contributed by atoms with van der Waals surface area (Å²) in [7, 11) is 0. The minimum absolute atomic E-state index is 0.130. The summed E-state index contributed by atoms with van der Waals surface area (Å²) < 4.78 is 5.29. The Morgan fingerprint density at radius 2 is 1.97 bits per heavy atom. The van der Waals surface area contributed by atoms with Gasteiger partial charge in [-0.2, -0.15) is 4.98 Å². The van der Waals surface area contributed by atoms with Gasteiger partial charge in [0.25, 0.3) is 0 Å². The van der Waals surface area contributed by atoms with Gasteiger partial charge in [-0.1, -0.05) is 23.7 Å². The van der Waals surface area contributed by atoms with Crippen molar-refractivity contribution in [3.05, 3.63) is 89.0 Å². The van der Waals surface area contributed by atoms with Crippen LogP contribution in [0.1, 0.15) is 16.9 Å². The van der Waals surface area contributed by atoms with E-state index in [1.807, 2.05) is 30.3 Å². The van der Waals surface area contributed by atoms with Crippen LogP contribution >= 0.6 is 11.6 Å². The number of halogens is 1. The number of carbonyl (C=O) groups is 1. The summed E-state index contributed by atoms with van der Waals surface area (Å²) in [5, 5.41) is 9.92. The molecule has 1 amide bonds. The number of aromatic nitrogens is 2. The summed E-state index contributed by atoms with van der Waals surface area (Å²) in [6.07, 6.45) is 4.85. The number of carbonyl (C=O) groups excluding carboxylic acids is 1. The number of amides is 1. The first-order valence-corrected chi connectivity index (χ1v) is 10.6. The number of hydrogen-bond acceptors (Lipinski definition) is 6. The first-order chi connectivity index (χ1) is 15.6. The topological polar surface area (TPSA) is 92.1 Å². The first-order valence-electron chi connectivity index (χ1n) is 10.2. The molecule has 1 aliphatic heterocycles. The number of aryl methyl sites for hydroxylation is 2. The molecule has 7 nitrogen and oxygen atoms in total. The number of furan rings is 1. The third-order valence-corrected chi connectivity index (χ3v) is 5.44. The minimum atomic E-state index is -0.130. The fourth-order valence-electron chi connectivity index (χ4n) is 3.63. The van der Waals surface area contributed by atoms with E-state index in [9.17, 15) is 4.79 Å². The quantitative estimate of drug-likeness (QED) is 0.386. The van der Waals surface area contributed by atoms with Crippen LogP contribution < -0.4 is 16.0 Å². The third-order valence-electron chi connectivity index (χ3n) is 5.17. The number of hydrogen-bond donors (Lipinski definition) is 3. The molecule has 4 aromatic rings. The van der Waals surface area contributed by atoms with E-state index < -0.39 is 0 Å². The monoisotopic (exact) mass is 445 g/mol. The van der Waals surface area contributed by atoms with Crippen molar-refractivity contribution >= 4 is 46.3 Å². The molecule has 0 atom stereocenters. The number of fused-ring (bicyclic) bond motifs is 6. The Morgan fingerprint density at radius 1 is 1.06 bits per heavy atom. The Hall–Kier alpha value is -3.84. The number of anilines is 5.